The average Bonchev–Trinajstić information content (AvgIpc) is 2.17. The Labute approximate surface area is 88.1 Å². The molecule has 5 heteroatoms. The molecule has 0 aliphatic heterocycles. The fraction of sp³-hybridized carbons (Fsp3) is 0.300. The molecule has 1 aromatic heterocycles. The molecule has 0 aliphatic rings. The first-order valence-corrected chi connectivity index (χ1v) is 4.50. The Kier molecular flexibility index (Phi) is 4.10. The van der Waals surface area contributed by atoms with Crippen molar-refractivity contribution in [2.45, 2.75) is 13.3 Å². The van der Waals surface area contributed by atoms with Crippen LogP contribution in [-0.4, -0.2) is 22.4 Å². The Hall–Kier alpha value is -2.09. The number of anilines is 1. The second-order valence-corrected chi connectivity index (χ2v) is 2.83. The summed E-state index contributed by atoms with van der Waals surface area (Å²) < 4.78 is 0. The Bertz CT molecular complexity index is 405. The number of carbonyl (C=O) groups excluding carboxylic acids is 1. The molecule has 1 heterocycles. The molecular weight excluding hydrogens is 192 g/mol. The molecule has 15 heavy (non-hydrogen) atoms. The third-order valence-corrected chi connectivity index (χ3v) is 1.51. The number of aromatic nitrogens is 2. The topological polar surface area (TPSA) is 80.9 Å². The smallest absolute Gasteiger partial charge is 0.221 e. The number of nitrogens with zero attached hydrogens (tertiary/aromatic N) is 2. The molecule has 0 radical (unpaired) electrons. The number of hydrogen-bond donors (Lipinski definition) is 2. The van der Waals surface area contributed by atoms with Crippen LogP contribution in [0.3, 0.4) is 0 Å². The van der Waals surface area contributed by atoms with Crippen LogP contribution in [0.2, 0.25) is 0 Å². The Morgan fingerprint density at radius 2 is 2.47 bits per heavy atom. The summed E-state index contributed by atoms with van der Waals surface area (Å²) in [7, 11) is 0. The SMILES string of the molecule is CC(=O)NCCC#Cc1ccnc(N)n1. The molecule has 0 aliphatic carbocycles. The van der Waals surface area contributed by atoms with Gasteiger partial charge in [0, 0.05) is 26.1 Å². The van der Waals surface area contributed by atoms with E-state index in [4.69, 9.17) is 5.73 Å². The van der Waals surface area contributed by atoms with Crippen molar-refractivity contribution in [3.63, 3.8) is 0 Å². The monoisotopic (exact) mass is 204 g/mol. The minimum atomic E-state index is -0.0527. The summed E-state index contributed by atoms with van der Waals surface area (Å²) in [5.74, 6) is 5.86. The van der Waals surface area contributed by atoms with Gasteiger partial charge in [-0.05, 0) is 12.0 Å². The largest absolute Gasteiger partial charge is 0.368 e. The predicted molar refractivity (Wildman–Crippen MR) is 56.6 cm³/mol. The summed E-state index contributed by atoms with van der Waals surface area (Å²) in [5, 5.41) is 2.64. The van der Waals surface area contributed by atoms with E-state index in [1.807, 2.05) is 0 Å². The van der Waals surface area contributed by atoms with Gasteiger partial charge in [-0.3, -0.25) is 4.79 Å². The van der Waals surface area contributed by atoms with Crippen LogP contribution in [0.25, 0.3) is 0 Å². The van der Waals surface area contributed by atoms with Gasteiger partial charge in [0.2, 0.25) is 11.9 Å². The van der Waals surface area contributed by atoms with E-state index in [0.29, 0.717) is 18.7 Å². The fourth-order valence-electron chi connectivity index (χ4n) is 0.897. The minimum Gasteiger partial charge on any atom is -0.368 e. The van der Waals surface area contributed by atoms with Gasteiger partial charge in [0.05, 0.1) is 0 Å². The maximum Gasteiger partial charge on any atom is 0.221 e. The first-order valence-electron chi connectivity index (χ1n) is 4.50. The zero-order valence-corrected chi connectivity index (χ0v) is 8.45. The van der Waals surface area contributed by atoms with E-state index < -0.39 is 0 Å². The average molecular weight is 204 g/mol. The zero-order valence-electron chi connectivity index (χ0n) is 8.45. The van der Waals surface area contributed by atoms with E-state index in [1.165, 1.54) is 6.92 Å². The van der Waals surface area contributed by atoms with Crippen molar-refractivity contribution in [2.24, 2.45) is 0 Å². The van der Waals surface area contributed by atoms with Crippen LogP contribution in [0.5, 0.6) is 0 Å². The summed E-state index contributed by atoms with van der Waals surface area (Å²) in [6, 6.07) is 1.68. The third kappa shape index (κ3) is 4.62. The molecule has 0 spiro atoms. The first kappa shape index (κ1) is 11.0. The normalized spacial score (nSPS) is 8.87. The lowest BCUT2D eigenvalue weighted by molar-refractivity contribution is -0.118. The second kappa shape index (κ2) is 5.60. The first-order chi connectivity index (χ1) is 7.18. The number of nitrogen functional groups attached to an aromatic ring is 1. The van der Waals surface area contributed by atoms with Crippen molar-refractivity contribution in [3.05, 3.63) is 18.0 Å². The summed E-state index contributed by atoms with van der Waals surface area (Å²) in [6.45, 7) is 2.02. The molecule has 3 N–H and O–H groups in total. The van der Waals surface area contributed by atoms with Gasteiger partial charge in [0.25, 0.3) is 0 Å². The van der Waals surface area contributed by atoms with Crippen LogP contribution < -0.4 is 11.1 Å². The van der Waals surface area contributed by atoms with E-state index in [0.717, 1.165) is 0 Å². The van der Waals surface area contributed by atoms with Gasteiger partial charge in [0.1, 0.15) is 5.69 Å². The quantitative estimate of drug-likeness (QED) is 0.522. The highest BCUT2D eigenvalue weighted by molar-refractivity contribution is 5.72. The molecule has 0 saturated heterocycles. The summed E-state index contributed by atoms with van der Waals surface area (Å²) in [4.78, 5) is 18.2. The van der Waals surface area contributed by atoms with E-state index >= 15 is 0 Å². The van der Waals surface area contributed by atoms with Crippen LogP contribution in [0, 0.1) is 11.8 Å². The van der Waals surface area contributed by atoms with Crippen LogP contribution in [-0.2, 0) is 4.79 Å². The highest BCUT2D eigenvalue weighted by Crippen LogP contribution is 1.93. The molecular formula is C10H12N4O. The molecule has 5 nitrogen and oxygen atoms in total. The van der Waals surface area contributed by atoms with Crippen molar-refractivity contribution in [1.82, 2.24) is 15.3 Å². The van der Waals surface area contributed by atoms with E-state index in [-0.39, 0.29) is 11.9 Å². The standard InChI is InChI=1S/C10H12N4O/c1-8(15)12-6-3-2-4-9-5-7-13-10(11)14-9/h5,7H,3,6H2,1H3,(H,12,15)(H2,11,13,14). The van der Waals surface area contributed by atoms with Gasteiger partial charge >= 0.3 is 0 Å². The number of carbonyl (C=O) groups is 1. The molecule has 0 bridgehead atoms. The Morgan fingerprint density at radius 1 is 1.67 bits per heavy atom. The molecule has 78 valence electrons. The van der Waals surface area contributed by atoms with Crippen LogP contribution >= 0.6 is 0 Å². The zero-order chi connectivity index (χ0) is 11.1. The van der Waals surface area contributed by atoms with Crippen LogP contribution in [0.1, 0.15) is 19.0 Å². The predicted octanol–water partition coefficient (Wildman–Crippen LogP) is -0.0635. The highest BCUT2D eigenvalue weighted by atomic mass is 16.1. The van der Waals surface area contributed by atoms with Gasteiger partial charge in [-0.15, -0.1) is 0 Å². The Morgan fingerprint density at radius 3 is 3.13 bits per heavy atom. The summed E-state index contributed by atoms with van der Waals surface area (Å²) in [6.07, 6.45) is 2.14. The van der Waals surface area contributed by atoms with Crippen molar-refractivity contribution in [1.29, 1.82) is 0 Å². The number of nitrogens with two attached hydrogens (primary N) is 1. The third-order valence-electron chi connectivity index (χ3n) is 1.51. The van der Waals surface area contributed by atoms with Gasteiger partial charge in [-0.25, -0.2) is 9.97 Å². The Balaban J connectivity index is 2.41. The van der Waals surface area contributed by atoms with Crippen molar-refractivity contribution in [3.8, 4) is 11.8 Å². The van der Waals surface area contributed by atoms with E-state index in [2.05, 4.69) is 27.1 Å². The fourth-order valence-corrected chi connectivity index (χ4v) is 0.897. The summed E-state index contributed by atoms with van der Waals surface area (Å²) >= 11 is 0. The highest BCUT2D eigenvalue weighted by Gasteiger charge is 1.90. The summed E-state index contributed by atoms with van der Waals surface area (Å²) in [5.41, 5.74) is 5.97. The molecule has 0 saturated carbocycles. The van der Waals surface area contributed by atoms with Crippen molar-refractivity contribution in [2.75, 3.05) is 12.3 Å². The maximum atomic E-state index is 10.5. The molecule has 0 atom stereocenters. The minimum absolute atomic E-state index is 0.0527. The van der Waals surface area contributed by atoms with Crippen molar-refractivity contribution < 1.29 is 4.79 Å². The number of hydrogen-bond acceptors (Lipinski definition) is 4. The van der Waals surface area contributed by atoms with Crippen LogP contribution in [0.15, 0.2) is 12.3 Å². The maximum absolute atomic E-state index is 10.5. The molecule has 0 unspecified atom stereocenters. The molecule has 0 aromatic carbocycles. The molecule has 1 rings (SSSR count). The van der Waals surface area contributed by atoms with Crippen LogP contribution in [0.4, 0.5) is 5.95 Å². The lowest BCUT2D eigenvalue weighted by Gasteiger charge is -1.94. The number of rotatable bonds is 2. The van der Waals surface area contributed by atoms with Gasteiger partial charge < -0.3 is 11.1 Å². The number of amides is 1. The second-order valence-electron chi connectivity index (χ2n) is 2.83. The van der Waals surface area contributed by atoms with Gasteiger partial charge in [-0.1, -0.05) is 5.92 Å². The van der Waals surface area contributed by atoms with E-state index in [9.17, 15) is 4.79 Å². The lowest BCUT2D eigenvalue weighted by Crippen LogP contribution is -2.20. The number of nitrogens with one attached hydrogen (secondary N) is 1. The van der Waals surface area contributed by atoms with Gasteiger partial charge in [-0.2, -0.15) is 0 Å². The molecule has 0 fully saturated rings. The van der Waals surface area contributed by atoms with Crippen molar-refractivity contribution >= 4 is 11.9 Å². The molecule has 1 amide bonds. The lowest BCUT2D eigenvalue weighted by atomic mass is 10.3. The molecule has 1 aromatic rings. The van der Waals surface area contributed by atoms with E-state index in [1.54, 1.807) is 12.3 Å². The van der Waals surface area contributed by atoms with Gasteiger partial charge in [0.15, 0.2) is 0 Å².